The number of rotatable bonds is 7. The Morgan fingerprint density at radius 2 is 1.67 bits per heavy atom. The molecule has 0 fully saturated rings. The maximum Gasteiger partial charge on any atom is 0.363 e. The van der Waals surface area contributed by atoms with E-state index in [0.29, 0.717) is 30.2 Å². The number of cyclic esters (lactones) is 1. The van der Waals surface area contributed by atoms with Crippen LogP contribution in [0.5, 0.6) is 17.2 Å². The number of aliphatic imine (C=N–C) groups is 1. The lowest BCUT2D eigenvalue weighted by Crippen LogP contribution is -2.05. The first-order chi connectivity index (χ1) is 13.1. The Kier molecular flexibility index (Phi) is 5.76. The highest BCUT2D eigenvalue weighted by Crippen LogP contribution is 2.26. The molecule has 140 valence electrons. The number of methoxy groups -OCH3 is 3. The van der Waals surface area contributed by atoms with Gasteiger partial charge in [0.1, 0.15) is 17.2 Å². The van der Waals surface area contributed by atoms with Crippen molar-refractivity contribution >= 4 is 17.9 Å². The molecular formula is C21H21NO5. The van der Waals surface area contributed by atoms with Crippen LogP contribution in [0.2, 0.25) is 0 Å². The number of benzene rings is 2. The van der Waals surface area contributed by atoms with Crippen LogP contribution < -0.4 is 14.2 Å². The van der Waals surface area contributed by atoms with Crippen LogP contribution in [0.1, 0.15) is 17.5 Å². The van der Waals surface area contributed by atoms with Gasteiger partial charge >= 0.3 is 5.97 Å². The van der Waals surface area contributed by atoms with Gasteiger partial charge in [0.15, 0.2) is 11.6 Å². The number of para-hydroxylation sites is 1. The molecule has 2 aromatic carbocycles. The molecule has 0 saturated heterocycles. The van der Waals surface area contributed by atoms with E-state index in [9.17, 15) is 4.79 Å². The number of nitrogens with zero attached hydrogens (tertiary/aromatic N) is 1. The van der Waals surface area contributed by atoms with Gasteiger partial charge < -0.3 is 18.9 Å². The summed E-state index contributed by atoms with van der Waals surface area (Å²) in [5, 5.41) is 0. The molecule has 3 rings (SSSR count). The second-order valence-corrected chi connectivity index (χ2v) is 5.88. The van der Waals surface area contributed by atoms with Crippen LogP contribution in [0.3, 0.4) is 0 Å². The first-order valence-corrected chi connectivity index (χ1v) is 8.49. The molecule has 0 saturated carbocycles. The zero-order chi connectivity index (χ0) is 19.2. The molecule has 0 bridgehead atoms. The topological polar surface area (TPSA) is 66.3 Å². The Hall–Kier alpha value is -3.28. The summed E-state index contributed by atoms with van der Waals surface area (Å²) in [4.78, 5) is 16.5. The molecule has 1 aliphatic rings. The minimum absolute atomic E-state index is 0.250. The predicted octanol–water partition coefficient (Wildman–Crippen LogP) is 3.64. The summed E-state index contributed by atoms with van der Waals surface area (Å²) in [6, 6.07) is 13.1. The second-order valence-electron chi connectivity index (χ2n) is 5.88. The quantitative estimate of drug-likeness (QED) is 0.552. The van der Waals surface area contributed by atoms with E-state index in [2.05, 4.69) is 4.99 Å². The Morgan fingerprint density at radius 3 is 2.33 bits per heavy atom. The lowest BCUT2D eigenvalue weighted by atomic mass is 10.1. The number of ether oxygens (including phenoxy) is 4. The van der Waals surface area contributed by atoms with Gasteiger partial charge in [0.2, 0.25) is 0 Å². The molecule has 0 amide bonds. The molecule has 0 N–H and O–H groups in total. The third kappa shape index (κ3) is 4.47. The molecule has 6 nitrogen and oxygen atoms in total. The molecule has 1 aliphatic heterocycles. The van der Waals surface area contributed by atoms with Crippen molar-refractivity contribution in [1.82, 2.24) is 0 Å². The van der Waals surface area contributed by atoms with Crippen LogP contribution in [0.15, 0.2) is 53.2 Å². The van der Waals surface area contributed by atoms with Crippen molar-refractivity contribution in [3.63, 3.8) is 0 Å². The first-order valence-electron chi connectivity index (χ1n) is 8.49. The number of carbonyl (C=O) groups excluding carboxylic acids is 1. The molecule has 2 aromatic rings. The third-order valence-corrected chi connectivity index (χ3v) is 4.14. The zero-order valence-corrected chi connectivity index (χ0v) is 15.5. The van der Waals surface area contributed by atoms with Crippen molar-refractivity contribution in [1.29, 1.82) is 0 Å². The molecule has 6 heteroatoms. The first kappa shape index (κ1) is 18.5. The van der Waals surface area contributed by atoms with Crippen LogP contribution in [0.4, 0.5) is 0 Å². The van der Waals surface area contributed by atoms with Crippen molar-refractivity contribution in [3.05, 3.63) is 59.3 Å². The average molecular weight is 367 g/mol. The highest BCUT2D eigenvalue weighted by molar-refractivity contribution is 6.07. The van der Waals surface area contributed by atoms with Gasteiger partial charge in [0, 0.05) is 12.5 Å². The summed E-state index contributed by atoms with van der Waals surface area (Å²) in [6.07, 6.45) is 2.82. The smallest absolute Gasteiger partial charge is 0.363 e. The van der Waals surface area contributed by atoms with Gasteiger partial charge in [-0.1, -0.05) is 18.2 Å². The molecule has 27 heavy (non-hydrogen) atoms. The summed E-state index contributed by atoms with van der Waals surface area (Å²) < 4.78 is 21.1. The largest absolute Gasteiger partial charge is 0.497 e. The molecule has 0 spiro atoms. The van der Waals surface area contributed by atoms with E-state index in [1.807, 2.05) is 24.3 Å². The number of aryl methyl sites for hydroxylation is 1. The van der Waals surface area contributed by atoms with Crippen LogP contribution in [-0.4, -0.2) is 33.2 Å². The highest BCUT2D eigenvalue weighted by atomic mass is 16.6. The Bertz CT molecular complexity index is 879. The van der Waals surface area contributed by atoms with Crippen molar-refractivity contribution < 1.29 is 23.7 Å². The van der Waals surface area contributed by atoms with E-state index in [0.717, 1.165) is 16.9 Å². The van der Waals surface area contributed by atoms with Crippen molar-refractivity contribution in [3.8, 4) is 17.2 Å². The molecule has 0 unspecified atom stereocenters. The minimum Gasteiger partial charge on any atom is -0.497 e. The van der Waals surface area contributed by atoms with Gasteiger partial charge in [-0.05, 0) is 41.8 Å². The summed E-state index contributed by atoms with van der Waals surface area (Å²) >= 11 is 0. The van der Waals surface area contributed by atoms with E-state index in [1.165, 1.54) is 0 Å². The average Bonchev–Trinajstić information content (AvgIpc) is 3.05. The van der Waals surface area contributed by atoms with Crippen molar-refractivity contribution in [2.45, 2.75) is 12.8 Å². The predicted molar refractivity (Wildman–Crippen MR) is 102 cm³/mol. The van der Waals surface area contributed by atoms with Gasteiger partial charge in [-0.15, -0.1) is 0 Å². The normalized spacial score (nSPS) is 14.7. The summed E-state index contributed by atoms with van der Waals surface area (Å²) in [7, 11) is 4.78. The number of hydrogen-bond acceptors (Lipinski definition) is 6. The molecule has 0 radical (unpaired) electrons. The van der Waals surface area contributed by atoms with Crippen LogP contribution in [0.25, 0.3) is 6.08 Å². The van der Waals surface area contributed by atoms with E-state index in [1.54, 1.807) is 45.6 Å². The lowest BCUT2D eigenvalue weighted by molar-refractivity contribution is -0.130. The van der Waals surface area contributed by atoms with Gasteiger partial charge in [-0.2, -0.15) is 0 Å². The number of hydrogen-bond donors (Lipinski definition) is 0. The van der Waals surface area contributed by atoms with E-state index in [4.69, 9.17) is 18.9 Å². The van der Waals surface area contributed by atoms with Gasteiger partial charge in [0.05, 0.1) is 21.3 Å². The SMILES string of the molecule is COc1cc(/C=C2/N=C(CCc3ccccc3OC)OC2=O)cc(OC)c1. The third-order valence-electron chi connectivity index (χ3n) is 4.14. The van der Waals surface area contributed by atoms with E-state index in [-0.39, 0.29) is 5.70 Å². The van der Waals surface area contributed by atoms with Gasteiger partial charge in [-0.25, -0.2) is 9.79 Å². The maximum atomic E-state index is 12.1. The highest BCUT2D eigenvalue weighted by Gasteiger charge is 2.23. The van der Waals surface area contributed by atoms with Gasteiger partial charge in [-0.3, -0.25) is 0 Å². The monoisotopic (exact) mass is 367 g/mol. The standard InChI is InChI=1S/C21H21NO5/c1-24-16-10-14(11-17(13-16)25-2)12-18-21(23)27-20(22-18)9-8-15-6-4-5-7-19(15)26-3/h4-7,10-13H,8-9H2,1-3H3/b18-12+. The van der Waals surface area contributed by atoms with Crippen LogP contribution in [0, 0.1) is 0 Å². The minimum atomic E-state index is -0.466. The molecule has 1 heterocycles. The number of carbonyl (C=O) groups is 1. The lowest BCUT2D eigenvalue weighted by Gasteiger charge is -2.07. The fraction of sp³-hybridized carbons (Fsp3) is 0.238. The Balaban J connectivity index is 1.77. The Labute approximate surface area is 158 Å². The zero-order valence-electron chi connectivity index (χ0n) is 15.5. The van der Waals surface area contributed by atoms with E-state index >= 15 is 0 Å². The summed E-state index contributed by atoms with van der Waals surface area (Å²) in [5.41, 5.74) is 2.03. The fourth-order valence-corrected chi connectivity index (χ4v) is 2.78. The van der Waals surface area contributed by atoms with Crippen molar-refractivity contribution in [2.24, 2.45) is 4.99 Å². The maximum absolute atomic E-state index is 12.1. The number of esters is 1. The van der Waals surface area contributed by atoms with E-state index < -0.39 is 5.97 Å². The summed E-state index contributed by atoms with van der Waals surface area (Å²) in [5.74, 6) is 2.00. The van der Waals surface area contributed by atoms with Gasteiger partial charge in [0.25, 0.3) is 0 Å². The molecule has 0 aromatic heterocycles. The molecular weight excluding hydrogens is 346 g/mol. The molecule has 0 atom stereocenters. The van der Waals surface area contributed by atoms with Crippen molar-refractivity contribution in [2.75, 3.05) is 21.3 Å². The Morgan fingerprint density at radius 1 is 0.963 bits per heavy atom. The molecule has 0 aliphatic carbocycles. The van der Waals surface area contributed by atoms with Crippen LogP contribution >= 0.6 is 0 Å². The fourth-order valence-electron chi connectivity index (χ4n) is 2.78. The van der Waals surface area contributed by atoms with Crippen LogP contribution in [-0.2, 0) is 16.0 Å². The summed E-state index contributed by atoms with van der Waals surface area (Å²) in [6.45, 7) is 0. The second kappa shape index (κ2) is 8.40.